The molecule has 3 aromatic carbocycles. The number of para-hydroxylation sites is 1. The number of carbonyl (C=O) groups excluding carboxylic acids is 2. The minimum absolute atomic E-state index is 0.0360. The minimum Gasteiger partial charge on any atom is -0.354 e. The molecule has 2 amide bonds. The van der Waals surface area contributed by atoms with Crippen molar-refractivity contribution < 1.29 is 18.0 Å². The van der Waals surface area contributed by atoms with Gasteiger partial charge in [0, 0.05) is 13.1 Å². The molecular formula is C29H34ClN3O4S. The highest BCUT2D eigenvalue weighted by atomic mass is 35.5. The number of hydrogen-bond donors (Lipinski definition) is 1. The largest absolute Gasteiger partial charge is 0.354 e. The SMILES string of the molecule is CCCCNC(=O)[C@@H](C)N(CCc1ccccc1)C(=O)CN(c1ccccc1Cl)S(=O)(=O)c1ccccc1. The van der Waals surface area contributed by atoms with Gasteiger partial charge in [-0.2, -0.15) is 0 Å². The summed E-state index contributed by atoms with van der Waals surface area (Å²) in [5.41, 5.74) is 1.19. The van der Waals surface area contributed by atoms with Crippen molar-refractivity contribution in [3.8, 4) is 0 Å². The molecule has 0 aliphatic carbocycles. The van der Waals surface area contributed by atoms with Crippen molar-refractivity contribution in [1.82, 2.24) is 10.2 Å². The van der Waals surface area contributed by atoms with Gasteiger partial charge in [-0.1, -0.05) is 85.6 Å². The maximum atomic E-state index is 13.8. The Morgan fingerprint density at radius 2 is 1.53 bits per heavy atom. The van der Waals surface area contributed by atoms with Crippen molar-refractivity contribution >= 4 is 39.1 Å². The molecule has 0 bridgehead atoms. The number of rotatable bonds is 13. The summed E-state index contributed by atoms with van der Waals surface area (Å²) in [6, 6.07) is 23.2. The molecule has 0 radical (unpaired) electrons. The van der Waals surface area contributed by atoms with E-state index in [4.69, 9.17) is 11.6 Å². The predicted molar refractivity (Wildman–Crippen MR) is 152 cm³/mol. The second-order valence-electron chi connectivity index (χ2n) is 8.92. The van der Waals surface area contributed by atoms with Gasteiger partial charge >= 0.3 is 0 Å². The Hall–Kier alpha value is -3.36. The van der Waals surface area contributed by atoms with Crippen LogP contribution in [0.25, 0.3) is 0 Å². The molecule has 0 aromatic heterocycles. The maximum Gasteiger partial charge on any atom is 0.264 e. The Morgan fingerprint density at radius 3 is 2.16 bits per heavy atom. The summed E-state index contributed by atoms with van der Waals surface area (Å²) in [4.78, 5) is 28.2. The molecule has 202 valence electrons. The fourth-order valence-electron chi connectivity index (χ4n) is 3.99. The Kier molecular flexibility index (Phi) is 10.7. The number of hydrogen-bond acceptors (Lipinski definition) is 4. The van der Waals surface area contributed by atoms with Crippen LogP contribution in [0.4, 0.5) is 5.69 Å². The third-order valence-corrected chi connectivity index (χ3v) is 8.31. The number of amides is 2. The van der Waals surface area contributed by atoms with Crippen LogP contribution in [0.1, 0.15) is 32.3 Å². The van der Waals surface area contributed by atoms with E-state index in [1.165, 1.54) is 17.0 Å². The number of nitrogens with zero attached hydrogens (tertiary/aromatic N) is 2. The molecule has 7 nitrogen and oxygen atoms in total. The number of benzene rings is 3. The number of unbranched alkanes of at least 4 members (excludes halogenated alkanes) is 1. The van der Waals surface area contributed by atoms with Gasteiger partial charge in [0.15, 0.2) is 0 Å². The highest BCUT2D eigenvalue weighted by Crippen LogP contribution is 2.30. The van der Waals surface area contributed by atoms with Crippen LogP contribution < -0.4 is 9.62 Å². The van der Waals surface area contributed by atoms with Crippen molar-refractivity contribution in [2.24, 2.45) is 0 Å². The summed E-state index contributed by atoms with van der Waals surface area (Å²) >= 11 is 6.41. The molecular weight excluding hydrogens is 522 g/mol. The first kappa shape index (κ1) is 29.2. The number of nitrogens with one attached hydrogen (secondary N) is 1. The second-order valence-corrected chi connectivity index (χ2v) is 11.2. The standard InChI is InChI=1S/C29H34ClN3O4S/c1-3-4-20-31-29(35)23(2)32(21-19-24-13-7-5-8-14-24)28(34)22-33(27-18-12-11-17-26(27)30)38(36,37)25-15-9-6-10-16-25/h5-18,23H,3-4,19-22H2,1-2H3,(H,31,35)/t23-/m1/s1. The molecule has 3 aromatic rings. The van der Waals surface area contributed by atoms with Crippen LogP contribution in [-0.4, -0.2) is 50.8 Å². The highest BCUT2D eigenvalue weighted by molar-refractivity contribution is 7.92. The lowest BCUT2D eigenvalue weighted by atomic mass is 10.1. The van der Waals surface area contributed by atoms with E-state index in [0.717, 1.165) is 22.7 Å². The van der Waals surface area contributed by atoms with Gasteiger partial charge in [-0.05, 0) is 49.6 Å². The normalized spacial score (nSPS) is 12.0. The van der Waals surface area contributed by atoms with E-state index in [2.05, 4.69) is 5.32 Å². The van der Waals surface area contributed by atoms with Crippen LogP contribution in [0.3, 0.4) is 0 Å². The van der Waals surface area contributed by atoms with E-state index in [-0.39, 0.29) is 28.1 Å². The number of anilines is 1. The van der Waals surface area contributed by atoms with Crippen LogP contribution >= 0.6 is 11.6 Å². The minimum atomic E-state index is -4.13. The lowest BCUT2D eigenvalue weighted by Gasteiger charge is -2.32. The van der Waals surface area contributed by atoms with Gasteiger partial charge in [-0.25, -0.2) is 8.42 Å². The smallest absolute Gasteiger partial charge is 0.264 e. The lowest BCUT2D eigenvalue weighted by molar-refractivity contribution is -0.138. The van der Waals surface area contributed by atoms with Crippen molar-refractivity contribution in [2.45, 2.75) is 44.0 Å². The number of sulfonamides is 1. The zero-order valence-electron chi connectivity index (χ0n) is 21.7. The molecule has 1 N–H and O–H groups in total. The van der Waals surface area contributed by atoms with Gasteiger partial charge in [-0.3, -0.25) is 13.9 Å². The zero-order valence-corrected chi connectivity index (χ0v) is 23.3. The summed E-state index contributed by atoms with van der Waals surface area (Å²) in [5.74, 6) is -0.784. The summed E-state index contributed by atoms with van der Waals surface area (Å²) in [7, 11) is -4.13. The molecule has 1 atom stereocenters. The molecule has 0 unspecified atom stereocenters. The van der Waals surface area contributed by atoms with E-state index in [1.807, 2.05) is 37.3 Å². The van der Waals surface area contributed by atoms with E-state index in [9.17, 15) is 18.0 Å². The van der Waals surface area contributed by atoms with Crippen LogP contribution in [0.5, 0.6) is 0 Å². The van der Waals surface area contributed by atoms with Gasteiger partial charge < -0.3 is 10.2 Å². The lowest BCUT2D eigenvalue weighted by Crippen LogP contribution is -2.52. The van der Waals surface area contributed by atoms with E-state index in [0.29, 0.717) is 13.0 Å². The van der Waals surface area contributed by atoms with E-state index < -0.39 is 28.5 Å². The van der Waals surface area contributed by atoms with Gasteiger partial charge in [-0.15, -0.1) is 0 Å². The van der Waals surface area contributed by atoms with Crippen LogP contribution in [0.2, 0.25) is 5.02 Å². The molecule has 38 heavy (non-hydrogen) atoms. The van der Waals surface area contributed by atoms with E-state index >= 15 is 0 Å². The topological polar surface area (TPSA) is 86.8 Å². The third-order valence-electron chi connectivity index (χ3n) is 6.21. The average Bonchev–Trinajstić information content (AvgIpc) is 2.93. The van der Waals surface area contributed by atoms with Crippen molar-refractivity contribution in [1.29, 1.82) is 0 Å². The number of halogens is 1. The van der Waals surface area contributed by atoms with Crippen LogP contribution in [0, 0.1) is 0 Å². The predicted octanol–water partition coefficient (Wildman–Crippen LogP) is 4.91. The van der Waals surface area contributed by atoms with Crippen LogP contribution in [-0.2, 0) is 26.0 Å². The third kappa shape index (κ3) is 7.58. The second kappa shape index (κ2) is 14.0. The first-order valence-electron chi connectivity index (χ1n) is 12.7. The average molecular weight is 556 g/mol. The van der Waals surface area contributed by atoms with Gasteiger partial charge in [0.05, 0.1) is 15.6 Å². The van der Waals surface area contributed by atoms with Crippen molar-refractivity contribution in [3.05, 3.63) is 95.5 Å². The molecule has 0 fully saturated rings. The highest BCUT2D eigenvalue weighted by Gasteiger charge is 2.33. The first-order chi connectivity index (χ1) is 18.3. The molecule has 0 aliphatic heterocycles. The summed E-state index contributed by atoms with van der Waals surface area (Å²) in [5, 5.41) is 3.08. The van der Waals surface area contributed by atoms with Crippen molar-refractivity contribution in [3.63, 3.8) is 0 Å². The monoisotopic (exact) mass is 555 g/mol. The molecule has 0 aliphatic rings. The quantitative estimate of drug-likeness (QED) is 0.304. The van der Waals surface area contributed by atoms with Crippen LogP contribution in [0.15, 0.2) is 89.8 Å². The Bertz CT molecular complexity index is 1300. The first-order valence-corrected chi connectivity index (χ1v) is 14.5. The molecule has 0 saturated carbocycles. The zero-order chi connectivity index (χ0) is 27.5. The molecule has 0 saturated heterocycles. The van der Waals surface area contributed by atoms with Gasteiger partial charge in [0.1, 0.15) is 12.6 Å². The van der Waals surface area contributed by atoms with E-state index in [1.54, 1.807) is 49.4 Å². The Morgan fingerprint density at radius 1 is 0.921 bits per heavy atom. The van der Waals surface area contributed by atoms with Gasteiger partial charge in [0.2, 0.25) is 11.8 Å². The summed E-state index contributed by atoms with van der Waals surface area (Å²) in [6.45, 7) is 3.93. The van der Waals surface area contributed by atoms with Crippen molar-refractivity contribution in [2.75, 3.05) is 23.9 Å². The van der Waals surface area contributed by atoms with Gasteiger partial charge in [0.25, 0.3) is 10.0 Å². The molecule has 0 heterocycles. The summed E-state index contributed by atoms with van der Waals surface area (Å²) < 4.78 is 28.5. The number of carbonyl (C=O) groups is 2. The molecule has 9 heteroatoms. The Labute approximate surface area is 230 Å². The molecule has 0 spiro atoms. The molecule has 3 rings (SSSR count). The maximum absolute atomic E-state index is 13.8. The fourth-order valence-corrected chi connectivity index (χ4v) is 5.74. The fraction of sp³-hybridized carbons (Fsp3) is 0.310. The summed E-state index contributed by atoms with van der Waals surface area (Å²) in [6.07, 6.45) is 2.26. The Balaban J connectivity index is 1.94.